The summed E-state index contributed by atoms with van der Waals surface area (Å²) in [4.78, 5) is 35.0. The van der Waals surface area contributed by atoms with Crippen LogP contribution in [0, 0.1) is 17.3 Å². The van der Waals surface area contributed by atoms with Crippen LogP contribution in [0.25, 0.3) is 0 Å². The van der Waals surface area contributed by atoms with E-state index >= 15 is 0 Å². The molecule has 0 aromatic rings. The molecule has 2 aliphatic carbocycles. The van der Waals surface area contributed by atoms with E-state index in [1.165, 1.54) is 20.8 Å². The third-order valence-electron chi connectivity index (χ3n) is 6.69. The number of ether oxygens (including phenoxy) is 3. The maximum atomic E-state index is 12.0. The first-order valence-corrected chi connectivity index (χ1v) is 9.82. The maximum Gasteiger partial charge on any atom is 0.303 e. The molecule has 1 N–H and O–H groups in total. The van der Waals surface area contributed by atoms with Crippen molar-refractivity contribution >= 4 is 17.9 Å². The van der Waals surface area contributed by atoms with Crippen molar-refractivity contribution in [2.45, 2.75) is 78.1 Å². The molecule has 0 saturated heterocycles. The van der Waals surface area contributed by atoms with Gasteiger partial charge in [-0.25, -0.2) is 0 Å². The molecule has 7 heteroatoms. The Morgan fingerprint density at radius 2 is 1.68 bits per heavy atom. The third-order valence-corrected chi connectivity index (χ3v) is 6.69. The van der Waals surface area contributed by atoms with Crippen molar-refractivity contribution in [1.29, 1.82) is 0 Å². The van der Waals surface area contributed by atoms with E-state index in [9.17, 15) is 19.5 Å². The van der Waals surface area contributed by atoms with E-state index in [0.717, 1.165) is 19.3 Å². The van der Waals surface area contributed by atoms with E-state index in [4.69, 9.17) is 14.2 Å². The number of carbonyl (C=O) groups excluding carboxylic acids is 3. The molecule has 2 fully saturated rings. The Balaban J connectivity index is 2.56. The molecule has 0 aliphatic heterocycles. The third kappa shape index (κ3) is 3.95. The minimum atomic E-state index is -1.86. The second-order valence-electron chi connectivity index (χ2n) is 8.43. The van der Waals surface area contributed by atoms with Gasteiger partial charge in [0, 0.05) is 26.2 Å². The zero-order chi connectivity index (χ0) is 21.3. The topological polar surface area (TPSA) is 99.1 Å². The highest BCUT2D eigenvalue weighted by Crippen LogP contribution is 2.58. The molecule has 2 rings (SSSR count). The highest BCUT2D eigenvalue weighted by molar-refractivity contribution is 5.68. The molecule has 0 heterocycles. The fraction of sp³-hybridized carbons (Fsp3) is 0.762. The molecule has 0 unspecified atom stereocenters. The molecule has 0 aromatic heterocycles. The lowest BCUT2D eigenvalue weighted by molar-refractivity contribution is -0.250. The van der Waals surface area contributed by atoms with Gasteiger partial charge in [0.1, 0.15) is 18.8 Å². The Morgan fingerprint density at radius 1 is 1.07 bits per heavy atom. The van der Waals surface area contributed by atoms with Crippen molar-refractivity contribution in [3.05, 3.63) is 12.2 Å². The number of rotatable bonds is 5. The van der Waals surface area contributed by atoms with Crippen LogP contribution >= 0.6 is 0 Å². The Hall–Kier alpha value is -1.89. The molecule has 0 aromatic carbocycles. The summed E-state index contributed by atoms with van der Waals surface area (Å²) < 4.78 is 16.2. The van der Waals surface area contributed by atoms with Crippen LogP contribution in [0.1, 0.15) is 60.3 Å². The smallest absolute Gasteiger partial charge is 0.303 e. The average molecular weight is 396 g/mol. The van der Waals surface area contributed by atoms with Crippen molar-refractivity contribution in [1.82, 2.24) is 0 Å². The summed E-state index contributed by atoms with van der Waals surface area (Å²) in [5.41, 5.74) is -2.24. The van der Waals surface area contributed by atoms with Crippen LogP contribution in [-0.2, 0) is 28.6 Å². The predicted molar refractivity (Wildman–Crippen MR) is 101 cm³/mol. The van der Waals surface area contributed by atoms with E-state index in [0.29, 0.717) is 6.42 Å². The van der Waals surface area contributed by atoms with Gasteiger partial charge < -0.3 is 19.3 Å². The summed E-state index contributed by atoms with van der Waals surface area (Å²) in [7, 11) is 0. The summed E-state index contributed by atoms with van der Waals surface area (Å²) in [5, 5.41) is 11.8. The minimum Gasteiger partial charge on any atom is -0.461 e. The molecule has 2 saturated carbocycles. The van der Waals surface area contributed by atoms with Crippen molar-refractivity contribution in [3.63, 3.8) is 0 Å². The van der Waals surface area contributed by atoms with Gasteiger partial charge in [0.25, 0.3) is 0 Å². The van der Waals surface area contributed by atoms with Crippen LogP contribution < -0.4 is 0 Å². The van der Waals surface area contributed by atoms with Crippen LogP contribution in [0.2, 0.25) is 0 Å². The molecule has 28 heavy (non-hydrogen) atoms. The summed E-state index contributed by atoms with van der Waals surface area (Å²) in [6, 6.07) is 0. The second kappa shape index (κ2) is 8.23. The first kappa shape index (κ1) is 22.4. The number of aliphatic hydroxyl groups is 1. The average Bonchev–Trinajstić information content (AvgIpc) is 2.58. The van der Waals surface area contributed by atoms with Crippen LogP contribution in [-0.4, -0.2) is 47.4 Å². The SMILES string of the molecule is C=C(COC(C)=O)[C@@]1(O)[C@@H](OC(C)=O)C[C@H]2CCC[C@H](C)[C@@]2(C)[C@@H]1OC(C)=O. The van der Waals surface area contributed by atoms with Crippen molar-refractivity contribution in [2.24, 2.45) is 17.3 Å². The molecule has 0 radical (unpaired) electrons. The molecule has 0 amide bonds. The van der Waals surface area contributed by atoms with Gasteiger partial charge in [0.2, 0.25) is 0 Å². The van der Waals surface area contributed by atoms with Crippen LogP contribution in [0.3, 0.4) is 0 Å². The predicted octanol–water partition coefficient (Wildman–Crippen LogP) is 2.55. The Kier molecular flexibility index (Phi) is 6.58. The summed E-state index contributed by atoms with van der Waals surface area (Å²) in [5.74, 6) is -1.33. The first-order chi connectivity index (χ1) is 12.9. The van der Waals surface area contributed by atoms with Gasteiger partial charge in [-0.3, -0.25) is 14.4 Å². The van der Waals surface area contributed by atoms with Crippen LogP contribution in [0.15, 0.2) is 12.2 Å². The number of carbonyl (C=O) groups is 3. The van der Waals surface area contributed by atoms with E-state index < -0.39 is 41.1 Å². The van der Waals surface area contributed by atoms with Gasteiger partial charge in [-0.2, -0.15) is 0 Å². The lowest BCUT2D eigenvalue weighted by Crippen LogP contribution is -2.70. The van der Waals surface area contributed by atoms with Gasteiger partial charge in [0.15, 0.2) is 5.60 Å². The fourth-order valence-corrected chi connectivity index (χ4v) is 5.06. The number of fused-ring (bicyclic) bond motifs is 1. The standard InChI is InChI=1S/C21H32O7/c1-12-8-7-9-17-10-18(27-15(4)23)21(25,13(2)11-26-14(3)22)19(20(12,17)6)28-16(5)24/h12,17-19,25H,2,7-11H2,1,3-6H3/t12-,17+,18-,19-,20+,21+/m0/s1. The Labute approximate surface area is 166 Å². The molecular weight excluding hydrogens is 364 g/mol. The van der Waals surface area contributed by atoms with Crippen molar-refractivity contribution in [2.75, 3.05) is 6.61 Å². The van der Waals surface area contributed by atoms with E-state index in [1.807, 2.05) is 6.92 Å². The van der Waals surface area contributed by atoms with E-state index in [1.54, 1.807) is 0 Å². The lowest BCUT2D eigenvalue weighted by atomic mass is 9.49. The lowest BCUT2D eigenvalue weighted by Gasteiger charge is -2.60. The molecule has 6 atom stereocenters. The number of hydrogen-bond donors (Lipinski definition) is 1. The first-order valence-electron chi connectivity index (χ1n) is 9.82. The highest BCUT2D eigenvalue weighted by atomic mass is 16.6. The molecule has 0 bridgehead atoms. The summed E-state index contributed by atoms with van der Waals surface area (Å²) in [6.45, 7) is 11.6. The Bertz CT molecular complexity index is 657. The minimum absolute atomic E-state index is 0.103. The van der Waals surface area contributed by atoms with Gasteiger partial charge in [-0.05, 0) is 30.3 Å². The largest absolute Gasteiger partial charge is 0.461 e. The highest BCUT2D eigenvalue weighted by Gasteiger charge is 2.66. The number of hydrogen-bond acceptors (Lipinski definition) is 7. The van der Waals surface area contributed by atoms with Gasteiger partial charge in [0.05, 0.1) is 0 Å². The fourth-order valence-electron chi connectivity index (χ4n) is 5.06. The Morgan fingerprint density at radius 3 is 2.21 bits per heavy atom. The quantitative estimate of drug-likeness (QED) is 0.433. The zero-order valence-electron chi connectivity index (χ0n) is 17.4. The summed E-state index contributed by atoms with van der Waals surface area (Å²) >= 11 is 0. The second-order valence-corrected chi connectivity index (χ2v) is 8.43. The van der Waals surface area contributed by atoms with Crippen LogP contribution in [0.4, 0.5) is 0 Å². The number of esters is 3. The van der Waals surface area contributed by atoms with Gasteiger partial charge in [-0.1, -0.05) is 33.3 Å². The van der Waals surface area contributed by atoms with Crippen LogP contribution in [0.5, 0.6) is 0 Å². The molecule has 0 spiro atoms. The van der Waals surface area contributed by atoms with E-state index in [2.05, 4.69) is 13.5 Å². The monoisotopic (exact) mass is 396 g/mol. The molecular formula is C21H32O7. The maximum absolute atomic E-state index is 12.0. The van der Waals surface area contributed by atoms with Gasteiger partial charge >= 0.3 is 17.9 Å². The summed E-state index contributed by atoms with van der Waals surface area (Å²) in [6.07, 6.45) is 1.36. The zero-order valence-corrected chi connectivity index (χ0v) is 17.4. The van der Waals surface area contributed by atoms with Crippen molar-refractivity contribution in [3.8, 4) is 0 Å². The molecule has 158 valence electrons. The molecule has 2 aliphatic rings. The van der Waals surface area contributed by atoms with Gasteiger partial charge in [-0.15, -0.1) is 0 Å². The van der Waals surface area contributed by atoms with Crippen molar-refractivity contribution < 1.29 is 33.7 Å². The normalized spacial score (nSPS) is 37.4. The molecule has 7 nitrogen and oxygen atoms in total. The van der Waals surface area contributed by atoms with E-state index in [-0.39, 0.29) is 24.0 Å².